The van der Waals surface area contributed by atoms with Crippen molar-refractivity contribution in [2.24, 2.45) is 5.92 Å². The molecule has 1 amide bonds. The van der Waals surface area contributed by atoms with Crippen LogP contribution in [-0.4, -0.2) is 42.9 Å². The molecule has 4 aromatic rings. The molecule has 10 heteroatoms. The molecule has 0 bridgehead atoms. The summed E-state index contributed by atoms with van der Waals surface area (Å²) in [4.78, 5) is 21.3. The number of anilines is 1. The quantitative estimate of drug-likeness (QED) is 0.443. The van der Waals surface area contributed by atoms with Crippen molar-refractivity contribution < 1.29 is 13.6 Å². The van der Waals surface area contributed by atoms with E-state index < -0.39 is 12.1 Å². The first-order valence-corrected chi connectivity index (χ1v) is 11.1. The Bertz CT molecular complexity index is 1330. The van der Waals surface area contributed by atoms with Crippen molar-refractivity contribution in [2.45, 2.75) is 37.3 Å². The zero-order chi connectivity index (χ0) is 21.9. The van der Waals surface area contributed by atoms with Crippen LogP contribution < -0.4 is 5.32 Å². The van der Waals surface area contributed by atoms with Gasteiger partial charge in [-0.3, -0.25) is 14.9 Å². The fraction of sp³-hybridized carbons (Fsp3) is 0.333. The lowest BCUT2D eigenvalue weighted by Crippen LogP contribution is -2.15. The Morgan fingerprint density at radius 1 is 1.35 bits per heavy atom. The van der Waals surface area contributed by atoms with Crippen molar-refractivity contribution in [3.63, 3.8) is 0 Å². The predicted octanol–water partition coefficient (Wildman–Crippen LogP) is 4.55. The van der Waals surface area contributed by atoms with Gasteiger partial charge in [0.1, 0.15) is 12.0 Å². The fourth-order valence-corrected chi connectivity index (χ4v) is 4.58. The van der Waals surface area contributed by atoms with Gasteiger partial charge >= 0.3 is 0 Å². The Morgan fingerprint density at radius 2 is 2.13 bits per heavy atom. The van der Waals surface area contributed by atoms with Crippen molar-refractivity contribution in [1.82, 2.24) is 24.6 Å². The van der Waals surface area contributed by atoms with Crippen LogP contribution in [0.5, 0.6) is 0 Å². The van der Waals surface area contributed by atoms with Gasteiger partial charge in [0.05, 0.1) is 40.6 Å². The number of alkyl halides is 1. The van der Waals surface area contributed by atoms with Gasteiger partial charge in [-0.25, -0.2) is 13.8 Å². The van der Waals surface area contributed by atoms with E-state index in [1.54, 1.807) is 29.2 Å². The van der Waals surface area contributed by atoms with E-state index >= 15 is 4.39 Å². The largest absolute Gasteiger partial charge is 0.309 e. The number of benzene rings is 1. The monoisotopic (exact) mass is 442 g/mol. The first kappa shape index (κ1) is 19.9. The van der Waals surface area contributed by atoms with Gasteiger partial charge in [0.15, 0.2) is 11.5 Å². The number of nitrogens with one attached hydrogen (secondary N) is 2. The van der Waals surface area contributed by atoms with Crippen LogP contribution in [0.2, 0.25) is 0 Å². The topological polar surface area (TPSA) is 88.0 Å². The average Bonchev–Trinajstić information content (AvgIpc) is 3.11. The second kappa shape index (κ2) is 7.30. The van der Waals surface area contributed by atoms with Crippen LogP contribution in [0.15, 0.2) is 29.7 Å². The van der Waals surface area contributed by atoms with Gasteiger partial charge in [0, 0.05) is 22.7 Å². The maximum Gasteiger partial charge on any atom is 0.231 e. The van der Waals surface area contributed by atoms with E-state index in [9.17, 15) is 9.18 Å². The first-order valence-electron chi connectivity index (χ1n) is 9.91. The van der Waals surface area contributed by atoms with Gasteiger partial charge in [0.25, 0.3) is 0 Å². The summed E-state index contributed by atoms with van der Waals surface area (Å²) in [6.45, 7) is 3.89. The Kier molecular flexibility index (Phi) is 4.69. The summed E-state index contributed by atoms with van der Waals surface area (Å²) >= 11 is 1.32. The molecule has 7 nitrogen and oxygen atoms in total. The highest BCUT2D eigenvalue weighted by Crippen LogP contribution is 2.42. The minimum absolute atomic E-state index is 0.0199. The summed E-state index contributed by atoms with van der Waals surface area (Å²) in [5.74, 6) is -0.948. The van der Waals surface area contributed by atoms with Gasteiger partial charge in [-0.2, -0.15) is 5.10 Å². The number of imidazole rings is 1. The molecular weight excluding hydrogens is 422 g/mol. The van der Waals surface area contributed by atoms with Crippen LogP contribution in [-0.2, 0) is 4.79 Å². The summed E-state index contributed by atoms with van der Waals surface area (Å²) in [7, 11) is 0. The molecule has 1 fully saturated rings. The smallest absolute Gasteiger partial charge is 0.231 e. The fourth-order valence-electron chi connectivity index (χ4n) is 3.88. The third-order valence-corrected chi connectivity index (χ3v) is 6.31. The lowest BCUT2D eigenvalue weighted by atomic mass is 9.96. The Balaban J connectivity index is 1.61. The number of rotatable bonds is 5. The maximum atomic E-state index is 15.5. The van der Waals surface area contributed by atoms with E-state index in [-0.39, 0.29) is 24.1 Å². The van der Waals surface area contributed by atoms with E-state index in [1.165, 1.54) is 11.8 Å². The molecule has 0 spiro atoms. The number of H-pyrrole nitrogens is 1. The molecule has 3 heterocycles. The minimum atomic E-state index is -1.07. The summed E-state index contributed by atoms with van der Waals surface area (Å²) in [5.41, 5.74) is 2.97. The molecule has 0 saturated heterocycles. The average molecular weight is 442 g/mol. The standard InChI is InChI=1S/C21H20F2N6OS/c1-9(2)16-18(23)20(31-3)17(11-5-25-28-19(11)16)13-7-29-8-14(26-15(29)6-24-13)27-21(30)10-4-12(10)22/h5-10,12H,4H2,1-3H3,(H,25,28)(H,27,30)/t10-,12+/m1/s1. The highest BCUT2D eigenvalue weighted by Gasteiger charge is 2.43. The van der Waals surface area contributed by atoms with Crippen LogP contribution in [0.4, 0.5) is 14.6 Å². The molecule has 31 heavy (non-hydrogen) atoms. The van der Waals surface area contributed by atoms with E-state index in [0.717, 1.165) is 5.39 Å². The molecule has 160 valence electrons. The molecule has 1 saturated carbocycles. The molecule has 1 aromatic carbocycles. The van der Waals surface area contributed by atoms with Gasteiger partial charge in [-0.05, 0) is 18.6 Å². The third-order valence-electron chi connectivity index (χ3n) is 5.52. The van der Waals surface area contributed by atoms with Crippen molar-refractivity contribution >= 4 is 40.0 Å². The summed E-state index contributed by atoms with van der Waals surface area (Å²) in [5, 5.41) is 10.5. The van der Waals surface area contributed by atoms with Gasteiger partial charge < -0.3 is 9.72 Å². The Morgan fingerprint density at radius 3 is 2.81 bits per heavy atom. The van der Waals surface area contributed by atoms with Gasteiger partial charge in [-0.1, -0.05) is 13.8 Å². The van der Waals surface area contributed by atoms with Gasteiger partial charge in [0.2, 0.25) is 5.91 Å². The van der Waals surface area contributed by atoms with Crippen molar-refractivity contribution in [3.05, 3.63) is 36.2 Å². The van der Waals surface area contributed by atoms with Crippen LogP contribution in [0, 0.1) is 11.7 Å². The molecule has 2 atom stereocenters. The number of amides is 1. The molecule has 3 aromatic heterocycles. The number of carbonyl (C=O) groups is 1. The molecule has 2 N–H and O–H groups in total. The van der Waals surface area contributed by atoms with Crippen LogP contribution >= 0.6 is 11.8 Å². The molecule has 1 aliphatic rings. The lowest BCUT2D eigenvalue weighted by Gasteiger charge is -2.16. The van der Waals surface area contributed by atoms with E-state index in [1.807, 2.05) is 20.1 Å². The predicted molar refractivity (Wildman–Crippen MR) is 116 cm³/mol. The van der Waals surface area contributed by atoms with Crippen molar-refractivity contribution in [2.75, 3.05) is 11.6 Å². The van der Waals surface area contributed by atoms with E-state index in [2.05, 4.69) is 25.5 Å². The molecular formula is C21H20F2N6OS. The van der Waals surface area contributed by atoms with Crippen molar-refractivity contribution in [3.8, 4) is 11.3 Å². The Hall–Kier alpha value is -3.01. The number of aromatic nitrogens is 5. The second-order valence-corrected chi connectivity index (χ2v) is 8.78. The summed E-state index contributed by atoms with van der Waals surface area (Å²) in [6, 6.07) is 0. The maximum absolute atomic E-state index is 15.5. The van der Waals surface area contributed by atoms with E-state index in [0.29, 0.717) is 38.7 Å². The first-order chi connectivity index (χ1) is 14.9. The van der Waals surface area contributed by atoms with Crippen LogP contribution in [0.1, 0.15) is 31.7 Å². The zero-order valence-electron chi connectivity index (χ0n) is 17.1. The lowest BCUT2D eigenvalue weighted by molar-refractivity contribution is -0.117. The summed E-state index contributed by atoms with van der Waals surface area (Å²) in [6.07, 6.45) is 7.63. The molecule has 5 rings (SSSR count). The SMILES string of the molecule is CSc1c(F)c(C(C)C)c2[nH]ncc2c1-c1cn2cc(NC(=O)[C@@H]3C[C@@H]3F)nc2cn1. The molecule has 0 radical (unpaired) electrons. The van der Waals surface area contributed by atoms with Crippen LogP contribution in [0.25, 0.3) is 27.8 Å². The zero-order valence-corrected chi connectivity index (χ0v) is 17.9. The number of fused-ring (bicyclic) bond motifs is 2. The third kappa shape index (κ3) is 3.25. The summed E-state index contributed by atoms with van der Waals surface area (Å²) < 4.78 is 30.3. The minimum Gasteiger partial charge on any atom is -0.309 e. The molecule has 1 aliphatic carbocycles. The second-order valence-electron chi connectivity index (χ2n) is 7.96. The number of nitrogens with zero attached hydrogens (tertiary/aromatic N) is 4. The number of carbonyl (C=O) groups excluding carboxylic acids is 1. The number of aromatic amines is 1. The Labute approximate surface area is 180 Å². The number of hydrogen-bond acceptors (Lipinski definition) is 5. The van der Waals surface area contributed by atoms with Crippen LogP contribution in [0.3, 0.4) is 0 Å². The number of thioether (sulfide) groups is 1. The van der Waals surface area contributed by atoms with E-state index in [4.69, 9.17) is 0 Å². The molecule has 0 unspecified atom stereocenters. The normalized spacial score (nSPS) is 18.3. The number of hydrogen-bond donors (Lipinski definition) is 2. The highest BCUT2D eigenvalue weighted by molar-refractivity contribution is 7.98. The molecule has 0 aliphatic heterocycles. The number of halogens is 2. The van der Waals surface area contributed by atoms with Crippen molar-refractivity contribution in [1.29, 1.82) is 0 Å². The van der Waals surface area contributed by atoms with Gasteiger partial charge in [-0.15, -0.1) is 11.8 Å². The highest BCUT2D eigenvalue weighted by atomic mass is 32.2.